The van der Waals surface area contributed by atoms with E-state index in [-0.39, 0.29) is 19.3 Å². The number of amides is 4. The average molecular weight is 611 g/mol. The largest absolute Gasteiger partial charge is 0.469 e. The van der Waals surface area contributed by atoms with Crippen LogP contribution in [0.25, 0.3) is 10.9 Å². The van der Waals surface area contributed by atoms with Gasteiger partial charge in [-0.25, -0.2) is 0 Å². The molecule has 2 aromatic carbocycles. The number of para-hydroxylation sites is 1. The van der Waals surface area contributed by atoms with E-state index >= 15 is 0 Å². The highest BCUT2D eigenvalue weighted by molar-refractivity contribution is 7.98. The van der Waals surface area contributed by atoms with E-state index in [2.05, 4.69) is 20.9 Å². The maximum Gasteiger partial charge on any atom is 0.308 e. The molecule has 0 aliphatic carbocycles. The number of esters is 1. The molecule has 1 heterocycles. The van der Waals surface area contributed by atoms with Crippen molar-refractivity contribution in [1.29, 1.82) is 0 Å². The molecule has 0 unspecified atom stereocenters. The molecule has 43 heavy (non-hydrogen) atoms. The summed E-state index contributed by atoms with van der Waals surface area (Å²) < 4.78 is 4.71. The number of hydrogen-bond acceptors (Lipinski definition) is 8. The molecule has 0 radical (unpaired) electrons. The molecule has 4 amide bonds. The van der Waals surface area contributed by atoms with Crippen molar-refractivity contribution in [3.63, 3.8) is 0 Å². The van der Waals surface area contributed by atoms with Crippen LogP contribution >= 0.6 is 11.8 Å². The van der Waals surface area contributed by atoms with Crippen molar-refractivity contribution >= 4 is 52.3 Å². The maximum absolute atomic E-state index is 13.4. The van der Waals surface area contributed by atoms with E-state index in [0.717, 1.165) is 29.1 Å². The van der Waals surface area contributed by atoms with Crippen molar-refractivity contribution in [1.82, 2.24) is 20.9 Å². The molecule has 0 fully saturated rings. The number of primary amides is 1. The molecule has 3 aromatic rings. The predicted octanol–water partition coefficient (Wildman–Crippen LogP) is 0.536. The van der Waals surface area contributed by atoms with Crippen molar-refractivity contribution < 1.29 is 28.7 Å². The van der Waals surface area contributed by atoms with Gasteiger partial charge < -0.3 is 37.1 Å². The molecule has 4 atom stereocenters. The molecule has 12 nitrogen and oxygen atoms in total. The standard InChI is InChI=1S/C30H38N6O6S/c1-42-26(37)16-25(30(41)35-24(27(32)38)14-18-8-4-3-5-9-18)36-29(40)23(12-13-43-2)34-28(39)21(31)15-19-17-33-22-11-7-6-10-20(19)22/h3-11,17,21,23-25,33H,12-16,31H2,1-2H3,(H2,32,38)(H,34,39)(H,35,41)(H,36,40)/t21-,23+,24+,25+/m1/s1. The second-order valence-electron chi connectivity index (χ2n) is 10.0. The van der Waals surface area contributed by atoms with Crippen molar-refractivity contribution in [3.8, 4) is 0 Å². The van der Waals surface area contributed by atoms with Crippen LogP contribution in [0.4, 0.5) is 0 Å². The molecule has 230 valence electrons. The fraction of sp³-hybridized carbons (Fsp3) is 0.367. The van der Waals surface area contributed by atoms with E-state index in [0.29, 0.717) is 5.75 Å². The number of fused-ring (bicyclic) bond motifs is 1. The Morgan fingerprint density at radius 1 is 0.860 bits per heavy atom. The lowest BCUT2D eigenvalue weighted by molar-refractivity contribution is -0.144. The molecular weight excluding hydrogens is 572 g/mol. The first kappa shape index (κ1) is 33.1. The summed E-state index contributed by atoms with van der Waals surface area (Å²) in [7, 11) is 1.15. The number of ether oxygens (including phenoxy) is 1. The van der Waals surface area contributed by atoms with Crippen LogP contribution in [0.15, 0.2) is 60.8 Å². The third-order valence-electron chi connectivity index (χ3n) is 6.87. The number of methoxy groups -OCH3 is 1. The van der Waals surface area contributed by atoms with Crippen molar-refractivity contribution in [2.24, 2.45) is 11.5 Å². The molecule has 0 aliphatic rings. The van der Waals surface area contributed by atoms with E-state index in [1.165, 1.54) is 11.8 Å². The lowest BCUT2D eigenvalue weighted by Crippen LogP contribution is -2.58. The number of benzene rings is 2. The maximum atomic E-state index is 13.4. The number of nitrogens with one attached hydrogen (secondary N) is 4. The summed E-state index contributed by atoms with van der Waals surface area (Å²) in [6, 6.07) is 12.1. The van der Waals surface area contributed by atoms with Crippen molar-refractivity contribution in [2.75, 3.05) is 19.1 Å². The number of aromatic amines is 1. The van der Waals surface area contributed by atoms with Crippen LogP contribution < -0.4 is 27.4 Å². The van der Waals surface area contributed by atoms with Gasteiger partial charge in [-0.1, -0.05) is 48.5 Å². The van der Waals surface area contributed by atoms with Gasteiger partial charge in [-0.05, 0) is 42.0 Å². The Hall–Kier alpha value is -4.36. The summed E-state index contributed by atoms with van der Waals surface area (Å²) >= 11 is 1.47. The Morgan fingerprint density at radius 3 is 2.16 bits per heavy atom. The predicted molar refractivity (Wildman–Crippen MR) is 165 cm³/mol. The summed E-state index contributed by atoms with van der Waals surface area (Å²) in [5, 5.41) is 8.71. The fourth-order valence-electron chi connectivity index (χ4n) is 4.49. The molecule has 0 bridgehead atoms. The van der Waals surface area contributed by atoms with Crippen LogP contribution in [-0.4, -0.2) is 77.9 Å². The highest BCUT2D eigenvalue weighted by Crippen LogP contribution is 2.19. The third kappa shape index (κ3) is 9.86. The SMILES string of the molecule is COC(=O)C[C@H](NC(=O)[C@H](CCSC)NC(=O)[C@H](N)Cc1c[nH]c2ccccc12)C(=O)N[C@@H](Cc1ccccc1)C(N)=O. The van der Waals surface area contributed by atoms with E-state index in [1.807, 2.05) is 36.6 Å². The number of nitrogens with two attached hydrogens (primary N) is 2. The molecule has 1 aromatic heterocycles. The zero-order valence-electron chi connectivity index (χ0n) is 24.1. The topological polar surface area (TPSA) is 198 Å². The van der Waals surface area contributed by atoms with Gasteiger partial charge in [0.1, 0.15) is 18.1 Å². The number of rotatable bonds is 16. The average Bonchev–Trinajstić information content (AvgIpc) is 3.41. The van der Waals surface area contributed by atoms with Gasteiger partial charge in [-0.3, -0.25) is 24.0 Å². The second kappa shape index (κ2) is 16.3. The van der Waals surface area contributed by atoms with E-state index in [1.54, 1.807) is 30.5 Å². The number of carbonyl (C=O) groups is 5. The van der Waals surface area contributed by atoms with E-state index < -0.39 is 60.2 Å². The zero-order chi connectivity index (χ0) is 31.4. The van der Waals surface area contributed by atoms with Crippen molar-refractivity contribution in [3.05, 3.63) is 71.9 Å². The van der Waals surface area contributed by atoms with Gasteiger partial charge in [0.05, 0.1) is 19.6 Å². The third-order valence-corrected chi connectivity index (χ3v) is 7.51. The molecule has 0 aliphatic heterocycles. The van der Waals surface area contributed by atoms with Gasteiger partial charge in [0, 0.05) is 23.5 Å². The van der Waals surface area contributed by atoms with Gasteiger partial charge in [-0.2, -0.15) is 11.8 Å². The van der Waals surface area contributed by atoms with Crippen LogP contribution in [0.3, 0.4) is 0 Å². The minimum Gasteiger partial charge on any atom is -0.469 e. The van der Waals surface area contributed by atoms with Gasteiger partial charge in [0.2, 0.25) is 23.6 Å². The smallest absolute Gasteiger partial charge is 0.308 e. The van der Waals surface area contributed by atoms with Gasteiger partial charge in [0.25, 0.3) is 0 Å². The van der Waals surface area contributed by atoms with Gasteiger partial charge in [-0.15, -0.1) is 0 Å². The summed E-state index contributed by atoms with van der Waals surface area (Å²) in [6.07, 6.45) is 3.72. The number of carbonyl (C=O) groups excluding carboxylic acids is 5. The quantitative estimate of drug-likeness (QED) is 0.126. The zero-order valence-corrected chi connectivity index (χ0v) is 24.9. The van der Waals surface area contributed by atoms with E-state index in [9.17, 15) is 24.0 Å². The van der Waals surface area contributed by atoms with E-state index in [4.69, 9.17) is 16.2 Å². The Morgan fingerprint density at radius 2 is 1.49 bits per heavy atom. The minimum absolute atomic E-state index is 0.113. The molecule has 3 rings (SSSR count). The first-order chi connectivity index (χ1) is 20.6. The number of aromatic nitrogens is 1. The highest BCUT2D eigenvalue weighted by Gasteiger charge is 2.31. The number of thioether (sulfide) groups is 1. The van der Waals surface area contributed by atoms with Gasteiger partial charge >= 0.3 is 5.97 Å². The van der Waals surface area contributed by atoms with Crippen LogP contribution in [-0.2, 0) is 41.6 Å². The van der Waals surface area contributed by atoms with Gasteiger partial charge in [0.15, 0.2) is 0 Å². The monoisotopic (exact) mass is 610 g/mol. The number of H-pyrrole nitrogens is 1. The summed E-state index contributed by atoms with van der Waals surface area (Å²) in [6.45, 7) is 0. The van der Waals surface area contributed by atoms with Crippen molar-refractivity contribution in [2.45, 2.75) is 49.9 Å². The van der Waals surface area contributed by atoms with Crippen LogP contribution in [0, 0.1) is 0 Å². The van der Waals surface area contributed by atoms with Crippen LogP contribution in [0.1, 0.15) is 24.0 Å². The molecule has 0 saturated heterocycles. The van der Waals surface area contributed by atoms with Crippen LogP contribution in [0.2, 0.25) is 0 Å². The highest BCUT2D eigenvalue weighted by atomic mass is 32.2. The minimum atomic E-state index is -1.40. The molecule has 13 heteroatoms. The normalized spacial score (nSPS) is 13.7. The summed E-state index contributed by atoms with van der Waals surface area (Å²) in [5.74, 6) is -3.06. The molecular formula is C30H38N6O6S. The van der Waals surface area contributed by atoms with Crippen LogP contribution in [0.5, 0.6) is 0 Å². The lowest BCUT2D eigenvalue weighted by Gasteiger charge is -2.25. The lowest BCUT2D eigenvalue weighted by atomic mass is 10.0. The molecule has 0 saturated carbocycles. The fourth-order valence-corrected chi connectivity index (χ4v) is 4.96. The molecule has 0 spiro atoms. The Bertz CT molecular complexity index is 1410. The first-order valence-corrected chi connectivity index (χ1v) is 15.1. The molecule has 8 N–H and O–H groups in total. The Balaban J connectivity index is 1.71. The Labute approximate surface area is 254 Å². The second-order valence-corrected chi connectivity index (χ2v) is 11.0. The Kier molecular flexibility index (Phi) is 12.6. The number of hydrogen-bond donors (Lipinski definition) is 6. The summed E-state index contributed by atoms with van der Waals surface area (Å²) in [4.78, 5) is 67.1. The first-order valence-electron chi connectivity index (χ1n) is 13.7. The summed E-state index contributed by atoms with van der Waals surface area (Å²) in [5.41, 5.74) is 14.3.